The lowest BCUT2D eigenvalue weighted by Crippen LogP contribution is -2.03. The van der Waals surface area contributed by atoms with E-state index in [2.05, 4.69) is 4.98 Å². The molecule has 0 aliphatic carbocycles. The average Bonchev–Trinajstić information content (AvgIpc) is 2.45. The molecule has 1 heterocycles. The Morgan fingerprint density at radius 1 is 1.21 bits per heavy atom. The van der Waals surface area contributed by atoms with Gasteiger partial charge in [0.1, 0.15) is 5.75 Å². The van der Waals surface area contributed by atoms with Crippen molar-refractivity contribution in [1.29, 1.82) is 0 Å². The van der Waals surface area contributed by atoms with Gasteiger partial charge in [-0.25, -0.2) is 0 Å². The van der Waals surface area contributed by atoms with Crippen LogP contribution < -0.4 is 4.74 Å². The molecule has 0 aliphatic heterocycles. The smallest absolute Gasteiger partial charge is 0.194 e. The number of ether oxygens (including phenoxy) is 1. The molecule has 1 aromatic carbocycles. The number of nitrogens with zero attached hydrogens (tertiary/aromatic N) is 1. The van der Waals surface area contributed by atoms with E-state index in [0.29, 0.717) is 17.7 Å². The Morgan fingerprint density at radius 3 is 2.74 bits per heavy atom. The van der Waals surface area contributed by atoms with Crippen molar-refractivity contribution in [2.45, 2.75) is 20.3 Å². The molecule has 1 aromatic heterocycles. The number of hydrogen-bond donors (Lipinski definition) is 0. The normalized spacial score (nSPS) is 10.2. The summed E-state index contributed by atoms with van der Waals surface area (Å²) in [5.74, 6) is 0.696. The van der Waals surface area contributed by atoms with Gasteiger partial charge >= 0.3 is 0 Å². The first kappa shape index (κ1) is 13.3. The minimum atomic E-state index is -0.0329. The highest BCUT2D eigenvalue weighted by Crippen LogP contribution is 2.16. The van der Waals surface area contributed by atoms with Crippen LogP contribution in [0.15, 0.2) is 42.6 Å². The molecule has 0 saturated carbocycles. The van der Waals surface area contributed by atoms with E-state index in [1.165, 1.54) is 0 Å². The highest BCUT2D eigenvalue weighted by atomic mass is 16.5. The quantitative estimate of drug-likeness (QED) is 0.768. The number of rotatable bonds is 5. The number of aromatic nitrogens is 1. The molecule has 0 spiro atoms. The van der Waals surface area contributed by atoms with Gasteiger partial charge in [0, 0.05) is 23.0 Å². The van der Waals surface area contributed by atoms with E-state index in [-0.39, 0.29) is 5.78 Å². The summed E-state index contributed by atoms with van der Waals surface area (Å²) < 4.78 is 5.53. The first-order valence-corrected chi connectivity index (χ1v) is 6.41. The van der Waals surface area contributed by atoms with Crippen LogP contribution in [0.4, 0.5) is 0 Å². The predicted octanol–water partition coefficient (Wildman–Crippen LogP) is 3.41. The fraction of sp³-hybridized carbons (Fsp3) is 0.250. The number of aryl methyl sites for hydroxylation is 1. The fourth-order valence-corrected chi connectivity index (χ4v) is 1.72. The highest BCUT2D eigenvalue weighted by Gasteiger charge is 2.10. The SMILES string of the molecule is CCCOc1cccc(C(=O)c2ccc(C)nc2)c1. The molecule has 0 atom stereocenters. The van der Waals surface area contributed by atoms with E-state index in [1.807, 2.05) is 32.0 Å². The second-order valence-corrected chi connectivity index (χ2v) is 4.39. The van der Waals surface area contributed by atoms with E-state index in [1.54, 1.807) is 24.4 Å². The molecule has 0 N–H and O–H groups in total. The van der Waals surface area contributed by atoms with Crippen molar-refractivity contribution in [2.24, 2.45) is 0 Å². The van der Waals surface area contributed by atoms with E-state index < -0.39 is 0 Å². The third-order valence-corrected chi connectivity index (χ3v) is 2.74. The number of carbonyl (C=O) groups excluding carboxylic acids is 1. The Kier molecular flexibility index (Phi) is 4.29. The van der Waals surface area contributed by atoms with Crippen LogP contribution in [0.2, 0.25) is 0 Å². The van der Waals surface area contributed by atoms with E-state index in [0.717, 1.165) is 17.9 Å². The molecule has 2 aromatic rings. The third-order valence-electron chi connectivity index (χ3n) is 2.74. The first-order chi connectivity index (χ1) is 9.20. The molecule has 0 bridgehead atoms. The lowest BCUT2D eigenvalue weighted by Gasteiger charge is -2.06. The van der Waals surface area contributed by atoms with Crippen molar-refractivity contribution in [3.8, 4) is 5.75 Å². The van der Waals surface area contributed by atoms with Gasteiger partial charge in [-0.2, -0.15) is 0 Å². The van der Waals surface area contributed by atoms with Gasteiger partial charge < -0.3 is 4.74 Å². The summed E-state index contributed by atoms with van der Waals surface area (Å²) in [5, 5.41) is 0. The number of carbonyl (C=O) groups is 1. The molecule has 0 saturated heterocycles. The summed E-state index contributed by atoms with van der Waals surface area (Å²) in [5.41, 5.74) is 2.12. The Balaban J connectivity index is 2.21. The van der Waals surface area contributed by atoms with E-state index in [9.17, 15) is 4.79 Å². The average molecular weight is 255 g/mol. The number of hydrogen-bond acceptors (Lipinski definition) is 3. The summed E-state index contributed by atoms with van der Waals surface area (Å²) in [6.07, 6.45) is 2.55. The van der Waals surface area contributed by atoms with Gasteiger partial charge in [0.2, 0.25) is 0 Å². The fourth-order valence-electron chi connectivity index (χ4n) is 1.72. The van der Waals surface area contributed by atoms with Gasteiger partial charge in [0.15, 0.2) is 5.78 Å². The molecule has 0 aliphatic rings. The Labute approximate surface area is 113 Å². The molecule has 0 fully saturated rings. The third kappa shape index (κ3) is 3.41. The lowest BCUT2D eigenvalue weighted by molar-refractivity contribution is 0.103. The summed E-state index contributed by atoms with van der Waals surface area (Å²) in [6, 6.07) is 10.9. The maximum atomic E-state index is 12.3. The zero-order chi connectivity index (χ0) is 13.7. The zero-order valence-corrected chi connectivity index (χ0v) is 11.2. The molecular weight excluding hydrogens is 238 g/mol. The van der Waals surface area contributed by atoms with Crippen molar-refractivity contribution < 1.29 is 9.53 Å². The van der Waals surface area contributed by atoms with Gasteiger partial charge in [-0.1, -0.05) is 19.1 Å². The van der Waals surface area contributed by atoms with Crippen molar-refractivity contribution in [3.63, 3.8) is 0 Å². The molecule has 0 radical (unpaired) electrons. The molecule has 2 rings (SSSR count). The summed E-state index contributed by atoms with van der Waals surface area (Å²) in [4.78, 5) is 16.4. The van der Waals surface area contributed by atoms with Crippen molar-refractivity contribution in [1.82, 2.24) is 4.98 Å². The number of benzene rings is 1. The van der Waals surface area contributed by atoms with Crippen LogP contribution in [0.3, 0.4) is 0 Å². The van der Waals surface area contributed by atoms with Crippen molar-refractivity contribution in [3.05, 3.63) is 59.4 Å². The van der Waals surface area contributed by atoms with Crippen LogP contribution >= 0.6 is 0 Å². The monoisotopic (exact) mass is 255 g/mol. The summed E-state index contributed by atoms with van der Waals surface area (Å²) >= 11 is 0. The van der Waals surface area contributed by atoms with Crippen LogP contribution in [0.25, 0.3) is 0 Å². The van der Waals surface area contributed by atoms with E-state index in [4.69, 9.17) is 4.74 Å². The van der Waals surface area contributed by atoms with Gasteiger partial charge in [-0.05, 0) is 37.6 Å². The van der Waals surface area contributed by atoms with Crippen LogP contribution in [0.5, 0.6) is 5.75 Å². The minimum Gasteiger partial charge on any atom is -0.494 e. The van der Waals surface area contributed by atoms with Crippen LogP contribution in [0.1, 0.15) is 35.0 Å². The highest BCUT2D eigenvalue weighted by molar-refractivity contribution is 6.08. The maximum Gasteiger partial charge on any atom is 0.194 e. The second kappa shape index (κ2) is 6.14. The van der Waals surface area contributed by atoms with Gasteiger partial charge in [0.25, 0.3) is 0 Å². The Hall–Kier alpha value is -2.16. The van der Waals surface area contributed by atoms with Crippen LogP contribution in [-0.2, 0) is 0 Å². The zero-order valence-electron chi connectivity index (χ0n) is 11.2. The van der Waals surface area contributed by atoms with Crippen LogP contribution in [0, 0.1) is 6.92 Å². The number of pyridine rings is 1. The molecule has 19 heavy (non-hydrogen) atoms. The van der Waals surface area contributed by atoms with Crippen LogP contribution in [-0.4, -0.2) is 17.4 Å². The maximum absolute atomic E-state index is 12.3. The van der Waals surface area contributed by atoms with Gasteiger partial charge in [-0.15, -0.1) is 0 Å². The van der Waals surface area contributed by atoms with Crippen molar-refractivity contribution >= 4 is 5.78 Å². The molecule has 3 heteroatoms. The molecule has 0 amide bonds. The molecule has 98 valence electrons. The largest absolute Gasteiger partial charge is 0.494 e. The van der Waals surface area contributed by atoms with Crippen molar-refractivity contribution in [2.75, 3.05) is 6.61 Å². The van der Waals surface area contributed by atoms with Gasteiger partial charge in [-0.3, -0.25) is 9.78 Å². The Bertz CT molecular complexity index is 561. The molecule has 0 unspecified atom stereocenters. The number of ketones is 1. The predicted molar refractivity (Wildman–Crippen MR) is 74.6 cm³/mol. The molecule has 3 nitrogen and oxygen atoms in total. The molecular formula is C16H17NO2. The van der Waals surface area contributed by atoms with Gasteiger partial charge in [0.05, 0.1) is 6.61 Å². The standard InChI is InChI=1S/C16H17NO2/c1-3-9-19-15-6-4-5-13(10-15)16(18)14-8-7-12(2)17-11-14/h4-8,10-11H,3,9H2,1-2H3. The summed E-state index contributed by atoms with van der Waals surface area (Å²) in [6.45, 7) is 4.60. The topological polar surface area (TPSA) is 39.2 Å². The lowest BCUT2D eigenvalue weighted by atomic mass is 10.0. The summed E-state index contributed by atoms with van der Waals surface area (Å²) in [7, 11) is 0. The minimum absolute atomic E-state index is 0.0329. The first-order valence-electron chi connectivity index (χ1n) is 6.41. The second-order valence-electron chi connectivity index (χ2n) is 4.39. The van der Waals surface area contributed by atoms with E-state index >= 15 is 0 Å². The Morgan fingerprint density at radius 2 is 2.05 bits per heavy atom.